The first kappa shape index (κ1) is 4.84. The zero-order chi connectivity index (χ0) is 5.61. The number of hydrogen-bond acceptors (Lipinski definition) is 0. The van der Waals surface area contributed by atoms with Gasteiger partial charge in [-0.1, -0.05) is 13.3 Å². The first-order valence-corrected chi connectivity index (χ1v) is 3.81. The highest BCUT2D eigenvalue weighted by molar-refractivity contribution is 4.98. The van der Waals surface area contributed by atoms with Gasteiger partial charge in [-0.05, 0) is 37.0 Å². The molecular weight excluding hydrogens is 96.1 g/mol. The molecule has 0 saturated heterocycles. The standard InChI is InChI=1S/C8H14/c1-7-2-3-8(6-7)4-5-8/h7H,2-6H2,1H3/t7-/m1/s1. The second-order valence-electron chi connectivity index (χ2n) is 3.85. The summed E-state index contributed by atoms with van der Waals surface area (Å²) in [6.45, 7) is 2.40. The van der Waals surface area contributed by atoms with Gasteiger partial charge in [-0.3, -0.25) is 0 Å². The van der Waals surface area contributed by atoms with E-state index in [-0.39, 0.29) is 0 Å². The van der Waals surface area contributed by atoms with Crippen LogP contribution in [0.1, 0.15) is 39.0 Å². The van der Waals surface area contributed by atoms with Crippen LogP contribution < -0.4 is 0 Å². The van der Waals surface area contributed by atoms with Gasteiger partial charge in [0.15, 0.2) is 0 Å². The molecule has 2 saturated carbocycles. The number of rotatable bonds is 0. The minimum absolute atomic E-state index is 0.916. The molecule has 2 aliphatic rings. The Hall–Kier alpha value is 0. The average Bonchev–Trinajstić information content (AvgIpc) is 2.34. The third-order valence-electron chi connectivity index (χ3n) is 2.91. The highest BCUT2D eigenvalue weighted by atomic mass is 14.5. The summed E-state index contributed by atoms with van der Waals surface area (Å²) in [6.07, 6.45) is 7.72. The van der Waals surface area contributed by atoms with E-state index in [0.29, 0.717) is 0 Å². The predicted octanol–water partition coefficient (Wildman–Crippen LogP) is 2.59. The van der Waals surface area contributed by atoms with Gasteiger partial charge in [-0.2, -0.15) is 0 Å². The van der Waals surface area contributed by atoms with Crippen LogP contribution in [0.2, 0.25) is 0 Å². The Balaban J connectivity index is 2.03. The van der Waals surface area contributed by atoms with E-state index >= 15 is 0 Å². The van der Waals surface area contributed by atoms with E-state index in [2.05, 4.69) is 6.92 Å². The second-order valence-corrected chi connectivity index (χ2v) is 3.85. The molecule has 0 unspecified atom stereocenters. The molecule has 0 heterocycles. The maximum Gasteiger partial charge on any atom is -0.0294 e. The van der Waals surface area contributed by atoms with E-state index < -0.39 is 0 Å². The lowest BCUT2D eigenvalue weighted by molar-refractivity contribution is 0.501. The van der Waals surface area contributed by atoms with Crippen LogP contribution in [0.4, 0.5) is 0 Å². The molecule has 46 valence electrons. The minimum Gasteiger partial charge on any atom is -0.0625 e. The van der Waals surface area contributed by atoms with Crippen LogP contribution in [-0.2, 0) is 0 Å². The van der Waals surface area contributed by atoms with Crippen molar-refractivity contribution in [2.75, 3.05) is 0 Å². The first-order chi connectivity index (χ1) is 3.81. The summed E-state index contributed by atoms with van der Waals surface area (Å²) in [6, 6.07) is 0. The van der Waals surface area contributed by atoms with Crippen LogP contribution in [-0.4, -0.2) is 0 Å². The van der Waals surface area contributed by atoms with E-state index in [1.54, 1.807) is 25.7 Å². The quantitative estimate of drug-likeness (QED) is 0.449. The van der Waals surface area contributed by atoms with Gasteiger partial charge >= 0.3 is 0 Å². The molecule has 0 nitrogen and oxygen atoms in total. The van der Waals surface area contributed by atoms with E-state index in [1.165, 1.54) is 6.42 Å². The lowest BCUT2D eigenvalue weighted by Gasteiger charge is -2.00. The Morgan fingerprint density at radius 1 is 1.25 bits per heavy atom. The van der Waals surface area contributed by atoms with Crippen LogP contribution in [0.3, 0.4) is 0 Å². The van der Waals surface area contributed by atoms with E-state index in [4.69, 9.17) is 0 Å². The molecule has 0 aromatic rings. The maximum atomic E-state index is 2.40. The van der Waals surface area contributed by atoms with Crippen molar-refractivity contribution in [2.24, 2.45) is 11.3 Å². The molecule has 1 atom stereocenters. The van der Waals surface area contributed by atoms with Crippen molar-refractivity contribution in [3.05, 3.63) is 0 Å². The normalized spacial score (nSPS) is 40.9. The Morgan fingerprint density at radius 2 is 2.00 bits per heavy atom. The van der Waals surface area contributed by atoms with Gasteiger partial charge in [0, 0.05) is 0 Å². The molecular formula is C8H14. The van der Waals surface area contributed by atoms with Crippen LogP contribution in [0, 0.1) is 11.3 Å². The summed E-state index contributed by atoms with van der Waals surface area (Å²) in [4.78, 5) is 0. The predicted molar refractivity (Wildman–Crippen MR) is 34.7 cm³/mol. The highest BCUT2D eigenvalue weighted by Gasteiger charge is 2.46. The molecule has 2 aliphatic carbocycles. The van der Waals surface area contributed by atoms with Crippen molar-refractivity contribution in [3.63, 3.8) is 0 Å². The van der Waals surface area contributed by atoms with Crippen molar-refractivity contribution >= 4 is 0 Å². The van der Waals surface area contributed by atoms with Gasteiger partial charge in [0.1, 0.15) is 0 Å². The van der Waals surface area contributed by atoms with Gasteiger partial charge in [-0.15, -0.1) is 0 Å². The van der Waals surface area contributed by atoms with Crippen LogP contribution in [0.5, 0.6) is 0 Å². The molecule has 0 bridgehead atoms. The molecule has 0 N–H and O–H groups in total. The summed E-state index contributed by atoms with van der Waals surface area (Å²) in [7, 11) is 0. The van der Waals surface area contributed by atoms with E-state index in [0.717, 1.165) is 11.3 Å². The fraction of sp³-hybridized carbons (Fsp3) is 1.00. The lowest BCUT2D eigenvalue weighted by Crippen LogP contribution is -1.90. The van der Waals surface area contributed by atoms with Gasteiger partial charge in [-0.25, -0.2) is 0 Å². The molecule has 1 spiro atoms. The van der Waals surface area contributed by atoms with E-state index in [9.17, 15) is 0 Å². The second kappa shape index (κ2) is 1.29. The molecule has 0 aromatic heterocycles. The van der Waals surface area contributed by atoms with Crippen LogP contribution >= 0.6 is 0 Å². The molecule has 2 rings (SSSR count). The van der Waals surface area contributed by atoms with Crippen LogP contribution in [0.15, 0.2) is 0 Å². The monoisotopic (exact) mass is 110 g/mol. The largest absolute Gasteiger partial charge is 0.0625 e. The Bertz CT molecular complexity index is 101. The molecule has 0 heteroatoms. The van der Waals surface area contributed by atoms with Gasteiger partial charge in [0.2, 0.25) is 0 Å². The zero-order valence-electron chi connectivity index (χ0n) is 5.61. The Labute approximate surface area is 51.3 Å². The fourth-order valence-electron chi connectivity index (χ4n) is 2.13. The zero-order valence-corrected chi connectivity index (χ0v) is 5.61. The fourth-order valence-corrected chi connectivity index (χ4v) is 2.13. The molecule has 0 aromatic carbocycles. The van der Waals surface area contributed by atoms with Crippen molar-refractivity contribution in [2.45, 2.75) is 39.0 Å². The van der Waals surface area contributed by atoms with Crippen molar-refractivity contribution in [1.29, 1.82) is 0 Å². The van der Waals surface area contributed by atoms with Gasteiger partial charge in [0.25, 0.3) is 0 Å². The Morgan fingerprint density at radius 3 is 2.25 bits per heavy atom. The number of hydrogen-bond donors (Lipinski definition) is 0. The molecule has 2 fully saturated rings. The topological polar surface area (TPSA) is 0 Å². The van der Waals surface area contributed by atoms with Crippen molar-refractivity contribution < 1.29 is 0 Å². The average molecular weight is 110 g/mol. The van der Waals surface area contributed by atoms with Gasteiger partial charge in [0.05, 0.1) is 0 Å². The summed E-state index contributed by atoms with van der Waals surface area (Å²) in [5, 5.41) is 0. The summed E-state index contributed by atoms with van der Waals surface area (Å²) in [5.74, 6) is 1.05. The van der Waals surface area contributed by atoms with E-state index in [1.807, 2.05) is 0 Å². The first-order valence-electron chi connectivity index (χ1n) is 3.81. The Kier molecular flexibility index (Phi) is 0.778. The lowest BCUT2D eigenvalue weighted by atomic mass is 10.0. The third kappa shape index (κ3) is 0.586. The van der Waals surface area contributed by atoms with Crippen molar-refractivity contribution in [3.8, 4) is 0 Å². The van der Waals surface area contributed by atoms with Gasteiger partial charge < -0.3 is 0 Å². The molecule has 0 amide bonds. The minimum atomic E-state index is 0.916. The highest BCUT2D eigenvalue weighted by Crippen LogP contribution is 2.59. The third-order valence-corrected chi connectivity index (χ3v) is 2.91. The summed E-state index contributed by atoms with van der Waals surface area (Å²) in [5.41, 5.74) is 0.916. The smallest absolute Gasteiger partial charge is 0.0294 e. The SMILES string of the molecule is C[C@@H]1CCC2(CC2)C1. The summed E-state index contributed by atoms with van der Waals surface area (Å²) < 4.78 is 0. The molecule has 0 aliphatic heterocycles. The molecule has 8 heavy (non-hydrogen) atoms. The van der Waals surface area contributed by atoms with Crippen LogP contribution in [0.25, 0.3) is 0 Å². The maximum absolute atomic E-state index is 2.40. The summed E-state index contributed by atoms with van der Waals surface area (Å²) >= 11 is 0. The molecule has 0 radical (unpaired) electrons. The van der Waals surface area contributed by atoms with Crippen molar-refractivity contribution in [1.82, 2.24) is 0 Å².